The minimum absolute atomic E-state index is 0.584. The normalized spacial score (nSPS) is 14.9. The van der Waals surface area contributed by atoms with Crippen molar-refractivity contribution in [1.29, 1.82) is 0 Å². The summed E-state index contributed by atoms with van der Waals surface area (Å²) in [5.74, 6) is 1.49. The molecular weight excluding hydrogens is 316 g/mol. The molecule has 1 N–H and O–H groups in total. The zero-order chi connectivity index (χ0) is 17.4. The lowest BCUT2D eigenvalue weighted by atomic mass is 10.1. The predicted molar refractivity (Wildman–Crippen MR) is 98.5 cm³/mol. The maximum absolute atomic E-state index is 5.47. The summed E-state index contributed by atoms with van der Waals surface area (Å²) in [6.45, 7) is 7.28. The third kappa shape index (κ3) is 3.02. The molecule has 2 aromatic heterocycles. The number of morpholine rings is 1. The SMILES string of the molecule is Cc1ccc(Nc2nc(N3CCOCC3)c3cnn(C)c3n2)cc1C. The van der Waals surface area contributed by atoms with Gasteiger partial charge in [-0.15, -0.1) is 0 Å². The highest BCUT2D eigenvalue weighted by molar-refractivity contribution is 5.88. The van der Waals surface area contributed by atoms with E-state index in [-0.39, 0.29) is 0 Å². The van der Waals surface area contributed by atoms with Crippen LogP contribution >= 0.6 is 0 Å². The van der Waals surface area contributed by atoms with E-state index < -0.39 is 0 Å². The topological polar surface area (TPSA) is 68.1 Å². The number of benzene rings is 1. The summed E-state index contributed by atoms with van der Waals surface area (Å²) in [6, 6.07) is 6.26. The number of ether oxygens (including phenoxy) is 1. The number of anilines is 3. The van der Waals surface area contributed by atoms with Gasteiger partial charge in [0.25, 0.3) is 0 Å². The smallest absolute Gasteiger partial charge is 0.231 e. The van der Waals surface area contributed by atoms with E-state index in [1.807, 2.05) is 19.3 Å². The first-order valence-corrected chi connectivity index (χ1v) is 8.48. The van der Waals surface area contributed by atoms with E-state index in [0.717, 1.165) is 35.6 Å². The Hall–Kier alpha value is -2.67. The lowest BCUT2D eigenvalue weighted by Crippen LogP contribution is -2.37. The lowest BCUT2D eigenvalue weighted by molar-refractivity contribution is 0.122. The molecule has 3 heterocycles. The molecule has 1 aromatic carbocycles. The fourth-order valence-electron chi connectivity index (χ4n) is 3.03. The Labute approximate surface area is 146 Å². The van der Waals surface area contributed by atoms with Crippen molar-refractivity contribution >= 4 is 28.5 Å². The fourth-order valence-corrected chi connectivity index (χ4v) is 3.03. The van der Waals surface area contributed by atoms with Gasteiger partial charge in [0.1, 0.15) is 5.82 Å². The number of aryl methyl sites for hydroxylation is 3. The molecule has 0 bridgehead atoms. The second-order valence-electron chi connectivity index (χ2n) is 6.40. The molecule has 0 radical (unpaired) electrons. The maximum Gasteiger partial charge on any atom is 0.231 e. The van der Waals surface area contributed by atoms with Crippen molar-refractivity contribution in [3.63, 3.8) is 0 Å². The van der Waals surface area contributed by atoms with Gasteiger partial charge in [-0.3, -0.25) is 4.68 Å². The average molecular weight is 338 g/mol. The molecule has 0 spiro atoms. The van der Waals surface area contributed by atoms with Gasteiger partial charge < -0.3 is 15.0 Å². The first-order chi connectivity index (χ1) is 12.1. The second kappa shape index (κ2) is 6.33. The van der Waals surface area contributed by atoms with E-state index in [0.29, 0.717) is 19.2 Å². The molecular formula is C18H22N6O. The average Bonchev–Trinajstić information content (AvgIpc) is 3.00. The second-order valence-corrected chi connectivity index (χ2v) is 6.40. The van der Waals surface area contributed by atoms with E-state index in [9.17, 15) is 0 Å². The quantitative estimate of drug-likeness (QED) is 0.792. The van der Waals surface area contributed by atoms with Gasteiger partial charge >= 0.3 is 0 Å². The van der Waals surface area contributed by atoms with E-state index in [2.05, 4.69) is 46.3 Å². The molecule has 1 fully saturated rings. The van der Waals surface area contributed by atoms with Crippen molar-refractivity contribution < 1.29 is 4.74 Å². The van der Waals surface area contributed by atoms with Gasteiger partial charge in [-0.1, -0.05) is 6.07 Å². The van der Waals surface area contributed by atoms with Crippen LogP contribution in [-0.4, -0.2) is 46.1 Å². The van der Waals surface area contributed by atoms with E-state index in [1.165, 1.54) is 11.1 Å². The number of nitrogens with zero attached hydrogens (tertiary/aromatic N) is 5. The Morgan fingerprint density at radius 2 is 1.88 bits per heavy atom. The highest BCUT2D eigenvalue weighted by Crippen LogP contribution is 2.27. The number of nitrogens with one attached hydrogen (secondary N) is 1. The molecule has 0 atom stereocenters. The van der Waals surface area contributed by atoms with Crippen LogP contribution in [0, 0.1) is 13.8 Å². The fraction of sp³-hybridized carbons (Fsp3) is 0.389. The number of aromatic nitrogens is 4. The largest absolute Gasteiger partial charge is 0.378 e. The third-order valence-corrected chi connectivity index (χ3v) is 4.65. The number of hydrogen-bond acceptors (Lipinski definition) is 6. The van der Waals surface area contributed by atoms with Crippen LogP contribution in [0.4, 0.5) is 17.5 Å². The van der Waals surface area contributed by atoms with Gasteiger partial charge in [0.2, 0.25) is 5.95 Å². The molecule has 3 aromatic rings. The molecule has 0 unspecified atom stereocenters. The van der Waals surface area contributed by atoms with Crippen LogP contribution in [0.15, 0.2) is 24.4 Å². The zero-order valence-electron chi connectivity index (χ0n) is 14.8. The Morgan fingerprint density at radius 3 is 2.64 bits per heavy atom. The van der Waals surface area contributed by atoms with Crippen molar-refractivity contribution in [3.05, 3.63) is 35.5 Å². The molecule has 130 valence electrons. The Morgan fingerprint density at radius 1 is 1.08 bits per heavy atom. The maximum atomic E-state index is 5.47. The van der Waals surface area contributed by atoms with Gasteiger partial charge in [0, 0.05) is 25.8 Å². The van der Waals surface area contributed by atoms with Gasteiger partial charge in [0.05, 0.1) is 24.8 Å². The van der Waals surface area contributed by atoms with Gasteiger partial charge in [-0.2, -0.15) is 15.1 Å². The summed E-state index contributed by atoms with van der Waals surface area (Å²) in [5, 5.41) is 8.66. The molecule has 0 saturated carbocycles. The van der Waals surface area contributed by atoms with E-state index in [4.69, 9.17) is 9.72 Å². The molecule has 1 aliphatic rings. The first-order valence-electron chi connectivity index (χ1n) is 8.48. The summed E-state index contributed by atoms with van der Waals surface area (Å²) < 4.78 is 7.25. The number of hydrogen-bond donors (Lipinski definition) is 1. The van der Waals surface area contributed by atoms with Gasteiger partial charge in [-0.05, 0) is 37.1 Å². The third-order valence-electron chi connectivity index (χ3n) is 4.65. The molecule has 4 rings (SSSR count). The van der Waals surface area contributed by atoms with Crippen LogP contribution in [0.25, 0.3) is 11.0 Å². The molecule has 7 nitrogen and oxygen atoms in total. The van der Waals surface area contributed by atoms with Gasteiger partial charge in [-0.25, -0.2) is 0 Å². The number of fused-ring (bicyclic) bond motifs is 1. The Kier molecular flexibility index (Phi) is 4.01. The van der Waals surface area contributed by atoms with Crippen LogP contribution in [0.2, 0.25) is 0 Å². The summed E-state index contributed by atoms with van der Waals surface area (Å²) in [6.07, 6.45) is 1.83. The highest BCUT2D eigenvalue weighted by atomic mass is 16.5. The Balaban J connectivity index is 1.75. The molecule has 7 heteroatoms. The highest BCUT2D eigenvalue weighted by Gasteiger charge is 2.19. The first kappa shape index (κ1) is 15.8. The summed E-state index contributed by atoms with van der Waals surface area (Å²) >= 11 is 0. The van der Waals surface area contributed by atoms with Crippen LogP contribution in [0.5, 0.6) is 0 Å². The Bertz CT molecular complexity index is 913. The van der Waals surface area contributed by atoms with Crippen LogP contribution in [0.3, 0.4) is 0 Å². The van der Waals surface area contributed by atoms with Crippen LogP contribution in [-0.2, 0) is 11.8 Å². The molecule has 25 heavy (non-hydrogen) atoms. The van der Waals surface area contributed by atoms with Crippen LogP contribution in [0.1, 0.15) is 11.1 Å². The van der Waals surface area contributed by atoms with Gasteiger partial charge in [0.15, 0.2) is 5.65 Å². The summed E-state index contributed by atoms with van der Waals surface area (Å²) in [4.78, 5) is 11.7. The molecule has 0 amide bonds. The van der Waals surface area contributed by atoms with E-state index in [1.54, 1.807) is 4.68 Å². The summed E-state index contributed by atoms with van der Waals surface area (Å²) in [5.41, 5.74) is 4.31. The predicted octanol–water partition coefficient (Wildman–Crippen LogP) is 2.56. The monoisotopic (exact) mass is 338 g/mol. The minimum atomic E-state index is 0.584. The van der Waals surface area contributed by atoms with Crippen molar-refractivity contribution in [2.75, 3.05) is 36.5 Å². The molecule has 1 aliphatic heterocycles. The van der Waals surface area contributed by atoms with Crippen molar-refractivity contribution in [2.24, 2.45) is 7.05 Å². The van der Waals surface area contributed by atoms with E-state index >= 15 is 0 Å². The summed E-state index contributed by atoms with van der Waals surface area (Å²) in [7, 11) is 1.90. The van der Waals surface area contributed by atoms with Crippen molar-refractivity contribution in [3.8, 4) is 0 Å². The zero-order valence-corrected chi connectivity index (χ0v) is 14.8. The number of rotatable bonds is 3. The van der Waals surface area contributed by atoms with Crippen molar-refractivity contribution in [2.45, 2.75) is 13.8 Å². The molecule has 0 aliphatic carbocycles. The minimum Gasteiger partial charge on any atom is -0.378 e. The van der Waals surface area contributed by atoms with Crippen LogP contribution < -0.4 is 10.2 Å². The standard InChI is InChI=1S/C18H22N6O/c1-12-4-5-14(10-13(12)2)20-18-21-16-15(11-19-23(16)3)17(22-18)24-6-8-25-9-7-24/h4-5,10-11H,6-9H2,1-3H3,(H,20,21,22). The lowest BCUT2D eigenvalue weighted by Gasteiger charge is -2.28. The van der Waals surface area contributed by atoms with Crippen molar-refractivity contribution in [1.82, 2.24) is 19.7 Å². The molecule has 1 saturated heterocycles.